The number of nitrogens with one attached hydrogen (secondary N) is 4. The first kappa shape index (κ1) is 23.8. The second-order valence-corrected chi connectivity index (χ2v) is 8.73. The first-order valence-electron chi connectivity index (χ1n) is 10.9. The number of hydrogen-bond donors (Lipinski definition) is 4. The molecule has 0 unspecified atom stereocenters. The van der Waals surface area contributed by atoms with Gasteiger partial charge in [-0.3, -0.25) is 19.2 Å². The standard InChI is InChI=1S/C21H34N4O5/c1-13(2)10-17(25-21(30)20(29)23-15-6-4-3-5-7-15)19(28)24-16(12-26)11-14-8-9-22-18(14)27/h12-17H,3-11H2,1-2H3,(H,22,27)(H,23,29)(H,24,28)(H,25,30)/t14-,16-,17-/m0/s1. The summed E-state index contributed by atoms with van der Waals surface area (Å²) in [4.78, 5) is 60.5. The van der Waals surface area contributed by atoms with E-state index >= 15 is 0 Å². The molecular formula is C21H34N4O5. The van der Waals surface area contributed by atoms with Gasteiger partial charge in [0.15, 0.2) is 0 Å². The summed E-state index contributed by atoms with van der Waals surface area (Å²) in [6.45, 7) is 4.36. The fourth-order valence-electron chi connectivity index (χ4n) is 4.03. The van der Waals surface area contributed by atoms with Crippen molar-refractivity contribution in [3.05, 3.63) is 0 Å². The van der Waals surface area contributed by atoms with Crippen LogP contribution in [-0.2, 0) is 24.0 Å². The molecule has 9 heteroatoms. The highest BCUT2D eigenvalue weighted by atomic mass is 16.2. The topological polar surface area (TPSA) is 133 Å². The molecule has 0 aromatic carbocycles. The minimum Gasteiger partial charge on any atom is -0.356 e. The van der Waals surface area contributed by atoms with Crippen LogP contribution in [0, 0.1) is 11.8 Å². The zero-order valence-electron chi connectivity index (χ0n) is 17.9. The van der Waals surface area contributed by atoms with Crippen LogP contribution >= 0.6 is 0 Å². The molecule has 1 heterocycles. The minimum absolute atomic E-state index is 0.00798. The van der Waals surface area contributed by atoms with Crippen LogP contribution in [-0.4, -0.2) is 54.6 Å². The Balaban J connectivity index is 1.92. The van der Waals surface area contributed by atoms with Crippen molar-refractivity contribution in [3.63, 3.8) is 0 Å². The van der Waals surface area contributed by atoms with Gasteiger partial charge in [-0.25, -0.2) is 0 Å². The molecule has 4 N–H and O–H groups in total. The van der Waals surface area contributed by atoms with Crippen molar-refractivity contribution in [1.29, 1.82) is 0 Å². The Morgan fingerprint density at radius 1 is 1.07 bits per heavy atom. The Labute approximate surface area is 177 Å². The Hall–Kier alpha value is -2.45. The van der Waals surface area contributed by atoms with Crippen LogP contribution in [0.25, 0.3) is 0 Å². The summed E-state index contributed by atoms with van der Waals surface area (Å²) in [5.74, 6) is -2.48. The SMILES string of the molecule is CC(C)C[C@H](NC(=O)C(=O)NC1CCCCC1)C(=O)N[C@H](C=O)C[C@@H]1CCNC1=O. The second-order valence-electron chi connectivity index (χ2n) is 8.73. The summed E-state index contributed by atoms with van der Waals surface area (Å²) in [6.07, 6.45) is 6.65. The molecule has 168 valence electrons. The van der Waals surface area contributed by atoms with Crippen molar-refractivity contribution in [2.45, 2.75) is 83.3 Å². The smallest absolute Gasteiger partial charge is 0.309 e. The van der Waals surface area contributed by atoms with Gasteiger partial charge in [0.25, 0.3) is 0 Å². The van der Waals surface area contributed by atoms with Gasteiger partial charge in [0.1, 0.15) is 12.3 Å². The highest BCUT2D eigenvalue weighted by Crippen LogP contribution is 2.17. The van der Waals surface area contributed by atoms with Gasteiger partial charge < -0.3 is 26.1 Å². The van der Waals surface area contributed by atoms with Crippen LogP contribution in [0.1, 0.15) is 65.2 Å². The van der Waals surface area contributed by atoms with E-state index in [1.165, 1.54) is 0 Å². The predicted octanol–water partition coefficient (Wildman–Crippen LogP) is 0.176. The largest absolute Gasteiger partial charge is 0.356 e. The number of carbonyl (C=O) groups excluding carboxylic acids is 5. The summed E-state index contributed by atoms with van der Waals surface area (Å²) in [5, 5.41) is 10.6. The average molecular weight is 423 g/mol. The van der Waals surface area contributed by atoms with E-state index in [1.807, 2.05) is 13.8 Å². The predicted molar refractivity (Wildman–Crippen MR) is 110 cm³/mol. The van der Waals surface area contributed by atoms with Crippen molar-refractivity contribution in [3.8, 4) is 0 Å². The maximum Gasteiger partial charge on any atom is 0.309 e. The van der Waals surface area contributed by atoms with Crippen LogP contribution < -0.4 is 21.3 Å². The summed E-state index contributed by atoms with van der Waals surface area (Å²) < 4.78 is 0. The van der Waals surface area contributed by atoms with Crippen LogP contribution in [0.4, 0.5) is 0 Å². The van der Waals surface area contributed by atoms with Crippen LogP contribution in [0.2, 0.25) is 0 Å². The molecule has 0 aromatic heterocycles. The van der Waals surface area contributed by atoms with Crippen LogP contribution in [0.5, 0.6) is 0 Å². The molecule has 9 nitrogen and oxygen atoms in total. The van der Waals surface area contributed by atoms with Crippen LogP contribution in [0.3, 0.4) is 0 Å². The lowest BCUT2D eigenvalue weighted by Gasteiger charge is -2.24. The molecule has 4 amide bonds. The molecule has 0 aromatic rings. The molecule has 0 radical (unpaired) electrons. The normalized spacial score (nSPS) is 21.4. The molecule has 0 spiro atoms. The van der Waals surface area contributed by atoms with E-state index in [-0.39, 0.29) is 30.2 Å². The monoisotopic (exact) mass is 422 g/mol. The van der Waals surface area contributed by atoms with E-state index in [2.05, 4.69) is 21.3 Å². The Morgan fingerprint density at radius 3 is 2.33 bits per heavy atom. The Kier molecular flexibility index (Phi) is 9.26. The minimum atomic E-state index is -0.936. The number of hydrogen-bond acceptors (Lipinski definition) is 5. The van der Waals surface area contributed by atoms with Crippen molar-refractivity contribution >= 4 is 29.9 Å². The molecule has 2 aliphatic rings. The van der Waals surface area contributed by atoms with E-state index in [9.17, 15) is 24.0 Å². The third-order valence-electron chi connectivity index (χ3n) is 5.67. The quantitative estimate of drug-likeness (QED) is 0.311. The lowest BCUT2D eigenvalue weighted by molar-refractivity contribution is -0.141. The van der Waals surface area contributed by atoms with E-state index in [0.717, 1.165) is 32.1 Å². The molecule has 1 aliphatic carbocycles. The van der Waals surface area contributed by atoms with Gasteiger partial charge in [-0.2, -0.15) is 0 Å². The Bertz CT molecular complexity index is 645. The highest BCUT2D eigenvalue weighted by Gasteiger charge is 2.31. The van der Waals surface area contributed by atoms with Gasteiger partial charge >= 0.3 is 11.8 Å². The number of aldehydes is 1. The molecular weight excluding hydrogens is 388 g/mol. The van der Waals surface area contributed by atoms with Crippen molar-refractivity contribution in [2.75, 3.05) is 6.54 Å². The Morgan fingerprint density at radius 2 is 1.77 bits per heavy atom. The molecule has 3 atom stereocenters. The van der Waals surface area contributed by atoms with E-state index in [1.54, 1.807) is 0 Å². The van der Waals surface area contributed by atoms with Crippen molar-refractivity contribution < 1.29 is 24.0 Å². The van der Waals surface area contributed by atoms with Crippen LogP contribution in [0.15, 0.2) is 0 Å². The zero-order valence-corrected chi connectivity index (χ0v) is 17.9. The average Bonchev–Trinajstić information content (AvgIpc) is 3.11. The number of carbonyl (C=O) groups is 5. The summed E-state index contributed by atoms with van der Waals surface area (Å²) in [5.41, 5.74) is 0. The fourth-order valence-corrected chi connectivity index (χ4v) is 4.03. The lowest BCUT2D eigenvalue weighted by atomic mass is 9.95. The molecule has 1 saturated heterocycles. The summed E-state index contributed by atoms with van der Waals surface area (Å²) in [7, 11) is 0. The zero-order chi connectivity index (χ0) is 22.1. The van der Waals surface area contributed by atoms with E-state index in [4.69, 9.17) is 0 Å². The molecule has 30 heavy (non-hydrogen) atoms. The first-order chi connectivity index (χ1) is 14.3. The third kappa shape index (κ3) is 7.42. The molecule has 0 bridgehead atoms. The van der Waals surface area contributed by atoms with Crippen molar-refractivity contribution in [1.82, 2.24) is 21.3 Å². The second kappa shape index (κ2) is 11.7. The molecule has 1 saturated carbocycles. The fraction of sp³-hybridized carbons (Fsp3) is 0.762. The summed E-state index contributed by atoms with van der Waals surface area (Å²) >= 11 is 0. The summed E-state index contributed by atoms with van der Waals surface area (Å²) in [6, 6.07) is -1.77. The maximum absolute atomic E-state index is 12.7. The molecule has 2 rings (SSSR count). The van der Waals surface area contributed by atoms with Gasteiger partial charge in [-0.15, -0.1) is 0 Å². The van der Waals surface area contributed by atoms with Gasteiger partial charge in [0.05, 0.1) is 6.04 Å². The molecule has 2 fully saturated rings. The van der Waals surface area contributed by atoms with Gasteiger partial charge in [-0.1, -0.05) is 33.1 Å². The highest BCUT2D eigenvalue weighted by molar-refractivity contribution is 6.35. The number of rotatable bonds is 9. The van der Waals surface area contributed by atoms with E-state index < -0.39 is 29.8 Å². The van der Waals surface area contributed by atoms with Gasteiger partial charge in [0, 0.05) is 18.5 Å². The van der Waals surface area contributed by atoms with Crippen molar-refractivity contribution in [2.24, 2.45) is 11.8 Å². The van der Waals surface area contributed by atoms with Gasteiger partial charge in [0.2, 0.25) is 11.8 Å². The first-order valence-corrected chi connectivity index (χ1v) is 10.9. The van der Waals surface area contributed by atoms with Gasteiger partial charge in [-0.05, 0) is 38.0 Å². The third-order valence-corrected chi connectivity index (χ3v) is 5.67. The maximum atomic E-state index is 12.7. The number of amides is 4. The van der Waals surface area contributed by atoms with E-state index in [0.29, 0.717) is 25.7 Å². The molecule has 1 aliphatic heterocycles. The lowest BCUT2D eigenvalue weighted by Crippen LogP contribution is -2.54.